The van der Waals surface area contributed by atoms with Gasteiger partial charge in [0.1, 0.15) is 23.1 Å². The SMILES string of the molecule is O=C(NCCCCCC(=O)N1CCN(c2cc(N3CCCC3)nc(N3CCCC3)n2)CC1)c1cc(O)ccc1O. The number of phenols is 2. The van der Waals surface area contributed by atoms with E-state index in [9.17, 15) is 19.8 Å². The smallest absolute Gasteiger partial charge is 0.255 e. The average Bonchev–Trinajstić information content (AvgIpc) is 3.71. The molecule has 0 spiro atoms. The average molecular weight is 552 g/mol. The number of amides is 2. The summed E-state index contributed by atoms with van der Waals surface area (Å²) in [5.41, 5.74) is 0.0517. The largest absolute Gasteiger partial charge is 0.508 e. The quantitative estimate of drug-likeness (QED) is 0.302. The van der Waals surface area contributed by atoms with Crippen molar-refractivity contribution in [3.63, 3.8) is 0 Å². The molecule has 3 N–H and O–H groups in total. The lowest BCUT2D eigenvalue weighted by atomic mass is 10.1. The summed E-state index contributed by atoms with van der Waals surface area (Å²) < 4.78 is 0. The van der Waals surface area contributed by atoms with Gasteiger partial charge in [0.15, 0.2) is 0 Å². The highest BCUT2D eigenvalue weighted by atomic mass is 16.3. The zero-order valence-electron chi connectivity index (χ0n) is 23.2. The van der Waals surface area contributed by atoms with Crippen LogP contribution in [0.4, 0.5) is 17.6 Å². The second-order valence-corrected chi connectivity index (χ2v) is 10.9. The summed E-state index contributed by atoms with van der Waals surface area (Å²) in [6, 6.07) is 5.99. The second-order valence-electron chi connectivity index (χ2n) is 10.9. The summed E-state index contributed by atoms with van der Waals surface area (Å²) in [6.45, 7) is 7.45. The van der Waals surface area contributed by atoms with Gasteiger partial charge in [0.25, 0.3) is 5.91 Å². The number of hydrogen-bond donors (Lipinski definition) is 3. The molecule has 40 heavy (non-hydrogen) atoms. The maximum absolute atomic E-state index is 12.8. The molecule has 0 atom stereocenters. The third kappa shape index (κ3) is 6.86. The zero-order valence-corrected chi connectivity index (χ0v) is 23.2. The Balaban J connectivity index is 1.05. The van der Waals surface area contributed by atoms with Crippen molar-refractivity contribution in [3.05, 3.63) is 29.8 Å². The number of benzene rings is 1. The first kappa shape index (κ1) is 27.8. The van der Waals surface area contributed by atoms with Gasteiger partial charge in [0, 0.05) is 71.4 Å². The Labute approximate surface area is 235 Å². The Kier molecular flexibility index (Phi) is 9.08. The minimum Gasteiger partial charge on any atom is -0.508 e. The highest BCUT2D eigenvalue weighted by Gasteiger charge is 2.25. The minimum absolute atomic E-state index is 0.0517. The molecule has 0 unspecified atom stereocenters. The molecule has 0 aliphatic carbocycles. The molecule has 2 aromatic rings. The Morgan fingerprint density at radius 1 is 0.750 bits per heavy atom. The molecule has 3 aliphatic rings. The van der Waals surface area contributed by atoms with E-state index in [2.05, 4.69) is 26.1 Å². The minimum atomic E-state index is -0.425. The van der Waals surface area contributed by atoms with E-state index in [1.54, 1.807) is 0 Å². The van der Waals surface area contributed by atoms with Crippen LogP contribution >= 0.6 is 0 Å². The monoisotopic (exact) mass is 551 g/mol. The number of rotatable bonds is 10. The van der Waals surface area contributed by atoms with E-state index in [0.29, 0.717) is 26.1 Å². The van der Waals surface area contributed by atoms with Crippen molar-refractivity contribution < 1.29 is 19.8 Å². The molecule has 3 fully saturated rings. The van der Waals surface area contributed by atoms with Gasteiger partial charge in [-0.2, -0.15) is 9.97 Å². The Morgan fingerprint density at radius 2 is 1.38 bits per heavy atom. The van der Waals surface area contributed by atoms with E-state index < -0.39 is 5.91 Å². The third-order valence-corrected chi connectivity index (χ3v) is 8.04. The predicted molar refractivity (Wildman–Crippen MR) is 154 cm³/mol. The lowest BCUT2D eigenvalue weighted by Gasteiger charge is -2.36. The molecular formula is C29H41N7O4. The summed E-state index contributed by atoms with van der Waals surface area (Å²) >= 11 is 0. The summed E-state index contributed by atoms with van der Waals surface area (Å²) in [5.74, 6) is 2.34. The van der Waals surface area contributed by atoms with E-state index in [-0.39, 0.29) is 23.0 Å². The molecule has 3 aliphatic heterocycles. The molecular weight excluding hydrogens is 510 g/mol. The maximum Gasteiger partial charge on any atom is 0.255 e. The van der Waals surface area contributed by atoms with Gasteiger partial charge in [-0.3, -0.25) is 9.59 Å². The molecule has 3 saturated heterocycles. The van der Waals surface area contributed by atoms with Crippen LogP contribution in [0.5, 0.6) is 11.5 Å². The molecule has 2 amide bonds. The fourth-order valence-corrected chi connectivity index (χ4v) is 5.66. The molecule has 1 aromatic carbocycles. The van der Waals surface area contributed by atoms with Crippen LogP contribution in [0.3, 0.4) is 0 Å². The van der Waals surface area contributed by atoms with Gasteiger partial charge < -0.3 is 35.1 Å². The van der Waals surface area contributed by atoms with Crippen LogP contribution < -0.4 is 20.0 Å². The zero-order chi connectivity index (χ0) is 27.9. The first-order valence-corrected chi connectivity index (χ1v) is 14.7. The van der Waals surface area contributed by atoms with Crippen LogP contribution in [0.2, 0.25) is 0 Å². The maximum atomic E-state index is 12.8. The van der Waals surface area contributed by atoms with Gasteiger partial charge in [0.2, 0.25) is 11.9 Å². The van der Waals surface area contributed by atoms with Crippen molar-refractivity contribution in [1.29, 1.82) is 0 Å². The normalized spacial score (nSPS) is 17.5. The predicted octanol–water partition coefficient (Wildman–Crippen LogP) is 2.73. The number of nitrogens with zero attached hydrogens (tertiary/aromatic N) is 6. The van der Waals surface area contributed by atoms with Crippen molar-refractivity contribution >= 4 is 29.4 Å². The number of anilines is 3. The number of phenolic OH excluding ortho intramolecular Hbond substituents is 2. The number of unbranched alkanes of at least 4 members (excludes halogenated alkanes) is 2. The number of nitrogens with one attached hydrogen (secondary N) is 1. The number of aromatic hydroxyl groups is 2. The molecule has 216 valence electrons. The summed E-state index contributed by atoms with van der Waals surface area (Å²) in [4.78, 5) is 43.8. The molecule has 4 heterocycles. The highest BCUT2D eigenvalue weighted by Crippen LogP contribution is 2.28. The molecule has 0 bridgehead atoms. The van der Waals surface area contributed by atoms with Crippen LogP contribution in [0.15, 0.2) is 24.3 Å². The molecule has 1 aromatic heterocycles. The van der Waals surface area contributed by atoms with E-state index >= 15 is 0 Å². The van der Waals surface area contributed by atoms with Crippen LogP contribution in [-0.2, 0) is 4.79 Å². The summed E-state index contributed by atoms with van der Waals surface area (Å²) in [6.07, 6.45) is 7.59. The van der Waals surface area contributed by atoms with E-state index in [4.69, 9.17) is 9.97 Å². The van der Waals surface area contributed by atoms with Gasteiger partial charge in [-0.25, -0.2) is 0 Å². The number of hydrogen-bond acceptors (Lipinski definition) is 9. The Hall–Kier alpha value is -3.76. The van der Waals surface area contributed by atoms with E-state index in [1.165, 1.54) is 43.9 Å². The van der Waals surface area contributed by atoms with E-state index in [0.717, 1.165) is 76.1 Å². The lowest BCUT2D eigenvalue weighted by Crippen LogP contribution is -2.49. The molecule has 0 saturated carbocycles. The molecule has 5 rings (SSSR count). The van der Waals surface area contributed by atoms with Gasteiger partial charge in [0.05, 0.1) is 5.56 Å². The second kappa shape index (κ2) is 13.1. The van der Waals surface area contributed by atoms with Gasteiger partial charge in [-0.1, -0.05) is 6.42 Å². The number of aromatic nitrogens is 2. The first-order chi connectivity index (χ1) is 19.5. The number of carbonyl (C=O) groups excluding carboxylic acids is 2. The van der Waals surface area contributed by atoms with Crippen LogP contribution in [0, 0.1) is 0 Å². The van der Waals surface area contributed by atoms with Gasteiger partial charge in [-0.05, 0) is 56.7 Å². The van der Waals surface area contributed by atoms with Crippen molar-refractivity contribution in [2.75, 3.05) is 73.6 Å². The summed E-state index contributed by atoms with van der Waals surface area (Å²) in [7, 11) is 0. The van der Waals surface area contributed by atoms with E-state index in [1.807, 2.05) is 4.90 Å². The lowest BCUT2D eigenvalue weighted by molar-refractivity contribution is -0.131. The molecule has 0 radical (unpaired) electrons. The van der Waals surface area contributed by atoms with Gasteiger partial charge >= 0.3 is 0 Å². The van der Waals surface area contributed by atoms with Crippen molar-refractivity contribution in [2.24, 2.45) is 0 Å². The Morgan fingerprint density at radius 3 is 2.05 bits per heavy atom. The third-order valence-electron chi connectivity index (χ3n) is 8.04. The molecule has 11 heteroatoms. The van der Waals surface area contributed by atoms with Crippen LogP contribution in [0.25, 0.3) is 0 Å². The fourth-order valence-electron chi connectivity index (χ4n) is 5.66. The van der Waals surface area contributed by atoms with Crippen molar-refractivity contribution in [1.82, 2.24) is 20.2 Å². The first-order valence-electron chi connectivity index (χ1n) is 14.7. The van der Waals surface area contributed by atoms with Crippen molar-refractivity contribution in [3.8, 4) is 11.5 Å². The Bertz CT molecular complexity index is 1140. The molecule has 11 nitrogen and oxygen atoms in total. The van der Waals surface area contributed by atoms with Gasteiger partial charge in [-0.15, -0.1) is 0 Å². The highest BCUT2D eigenvalue weighted by molar-refractivity contribution is 5.97. The van der Waals surface area contributed by atoms with Crippen LogP contribution in [0.1, 0.15) is 61.7 Å². The van der Waals surface area contributed by atoms with Crippen molar-refractivity contribution in [2.45, 2.75) is 51.4 Å². The topological polar surface area (TPSA) is 125 Å². The van der Waals surface area contributed by atoms with Crippen LogP contribution in [-0.4, -0.2) is 95.8 Å². The number of carbonyl (C=O) groups is 2. The standard InChI is InChI=1S/C29H41N7O4/c37-22-9-10-24(38)23(20-22)28(40)30-11-3-1-2-8-27(39)35-18-16-34(17-19-35)26-21-25(33-12-4-5-13-33)31-29(32-26)36-14-6-7-15-36/h9-10,20-21,37-38H,1-8,11-19H2,(H,30,40). The number of piperazine rings is 1. The summed E-state index contributed by atoms with van der Waals surface area (Å²) in [5, 5.41) is 22.1. The fraction of sp³-hybridized carbons (Fsp3) is 0.586.